The number of phenols is 1. The van der Waals surface area contributed by atoms with E-state index in [2.05, 4.69) is 0 Å². The number of hydrogen-bond acceptors (Lipinski definition) is 6. The smallest absolute Gasteiger partial charge is 0.266 e. The van der Waals surface area contributed by atoms with Crippen molar-refractivity contribution in [2.75, 3.05) is 17.1 Å². The quantitative estimate of drug-likeness (QED) is 0.603. The van der Waals surface area contributed by atoms with E-state index in [4.69, 9.17) is 21.2 Å². The van der Waals surface area contributed by atoms with Crippen LogP contribution >= 0.6 is 11.6 Å². The van der Waals surface area contributed by atoms with Gasteiger partial charge in [-0.2, -0.15) is 0 Å². The molecular weight excluding hydrogens is 432 g/mol. The molecule has 0 aromatic heterocycles. The molecule has 2 aliphatic heterocycles. The fourth-order valence-corrected chi connectivity index (χ4v) is 4.52. The number of fused-ring (bicyclic) bond motifs is 1. The van der Waals surface area contributed by atoms with E-state index in [1.165, 1.54) is 13.2 Å². The maximum Gasteiger partial charge on any atom is 0.266 e. The molecule has 1 N–H and O–H groups in total. The number of aromatic hydroxyl groups is 1. The molecule has 2 fully saturated rings. The first-order valence-electron chi connectivity index (χ1n) is 10.0. The SMILES string of the molecule is COc1cc(C2C3C(=O)N(c4ccccc4Cl)C(=O)C3ON2c2ccccc2)ccc1O. The van der Waals surface area contributed by atoms with E-state index >= 15 is 0 Å². The number of amides is 2. The first-order chi connectivity index (χ1) is 15.5. The molecule has 0 bridgehead atoms. The molecule has 0 spiro atoms. The maximum atomic E-state index is 13.6. The van der Waals surface area contributed by atoms with Gasteiger partial charge in [-0.3, -0.25) is 14.4 Å². The third-order valence-electron chi connectivity index (χ3n) is 5.76. The minimum Gasteiger partial charge on any atom is -0.504 e. The van der Waals surface area contributed by atoms with Crippen LogP contribution in [0.2, 0.25) is 5.02 Å². The van der Waals surface area contributed by atoms with Crippen LogP contribution in [0.4, 0.5) is 11.4 Å². The second kappa shape index (κ2) is 7.85. The Hall–Kier alpha value is -3.55. The number of carbonyl (C=O) groups is 2. The monoisotopic (exact) mass is 450 g/mol. The Balaban J connectivity index is 1.62. The summed E-state index contributed by atoms with van der Waals surface area (Å²) in [5.41, 5.74) is 1.69. The number of halogens is 1. The van der Waals surface area contributed by atoms with Crippen molar-refractivity contribution < 1.29 is 24.3 Å². The van der Waals surface area contributed by atoms with Gasteiger partial charge in [0.05, 0.1) is 29.5 Å². The van der Waals surface area contributed by atoms with Gasteiger partial charge in [-0.05, 0) is 42.0 Å². The zero-order chi connectivity index (χ0) is 22.4. The van der Waals surface area contributed by atoms with Gasteiger partial charge >= 0.3 is 0 Å². The number of hydrogen-bond donors (Lipinski definition) is 1. The molecule has 162 valence electrons. The van der Waals surface area contributed by atoms with E-state index in [1.807, 2.05) is 30.3 Å². The molecule has 2 amide bonds. The molecule has 5 rings (SSSR count). The van der Waals surface area contributed by atoms with E-state index < -0.39 is 29.9 Å². The molecule has 2 saturated heterocycles. The van der Waals surface area contributed by atoms with Gasteiger partial charge in [0, 0.05) is 0 Å². The highest BCUT2D eigenvalue weighted by Crippen LogP contribution is 2.49. The van der Waals surface area contributed by atoms with E-state index in [0.29, 0.717) is 22.0 Å². The van der Waals surface area contributed by atoms with Gasteiger partial charge in [0.2, 0.25) is 5.91 Å². The number of hydroxylamine groups is 1. The molecule has 3 unspecified atom stereocenters. The predicted octanol–water partition coefficient (Wildman–Crippen LogP) is 4.11. The first-order valence-corrected chi connectivity index (χ1v) is 10.4. The van der Waals surface area contributed by atoms with E-state index in [1.54, 1.807) is 41.5 Å². The number of phenolic OH excluding ortho intramolecular Hbond substituents is 1. The number of ether oxygens (including phenoxy) is 1. The lowest BCUT2D eigenvalue weighted by molar-refractivity contribution is -0.126. The summed E-state index contributed by atoms with van der Waals surface area (Å²) in [5.74, 6) is -1.44. The summed E-state index contributed by atoms with van der Waals surface area (Å²) in [4.78, 5) is 34.1. The first kappa shape index (κ1) is 20.4. The standard InChI is InChI=1S/C24H19ClN2O5/c1-31-19-13-14(11-12-18(19)28)21-20-22(32-27(21)15-7-3-2-4-8-15)24(30)26(23(20)29)17-10-6-5-9-16(17)25/h2-13,20-22,28H,1H3. The molecule has 2 heterocycles. The van der Waals surface area contributed by atoms with Crippen LogP contribution in [0.15, 0.2) is 72.8 Å². The summed E-state index contributed by atoms with van der Waals surface area (Å²) in [6.07, 6.45) is -1.01. The minimum atomic E-state index is -1.01. The number of benzene rings is 3. The lowest BCUT2D eigenvalue weighted by Gasteiger charge is -2.29. The molecule has 0 saturated carbocycles. The normalized spacial score (nSPS) is 22.4. The highest BCUT2D eigenvalue weighted by Gasteiger charge is 2.60. The zero-order valence-electron chi connectivity index (χ0n) is 17.0. The van der Waals surface area contributed by atoms with Crippen molar-refractivity contribution in [1.82, 2.24) is 0 Å². The van der Waals surface area contributed by atoms with E-state index in [0.717, 1.165) is 4.90 Å². The van der Waals surface area contributed by atoms with Crippen LogP contribution in [0, 0.1) is 5.92 Å². The Morgan fingerprint density at radius 1 is 0.969 bits per heavy atom. The average molecular weight is 451 g/mol. The molecule has 2 aliphatic rings. The maximum absolute atomic E-state index is 13.6. The lowest BCUT2D eigenvalue weighted by Crippen LogP contribution is -2.37. The van der Waals surface area contributed by atoms with Crippen molar-refractivity contribution in [1.29, 1.82) is 0 Å². The topological polar surface area (TPSA) is 79.3 Å². The number of carbonyl (C=O) groups excluding carboxylic acids is 2. The Bertz CT molecular complexity index is 1200. The predicted molar refractivity (Wildman–Crippen MR) is 119 cm³/mol. The average Bonchev–Trinajstić information content (AvgIpc) is 3.31. The number of rotatable bonds is 4. The minimum absolute atomic E-state index is 0.0236. The molecule has 3 aromatic carbocycles. The Morgan fingerprint density at radius 2 is 1.69 bits per heavy atom. The summed E-state index contributed by atoms with van der Waals surface area (Å²) in [5, 5.41) is 11.9. The van der Waals surface area contributed by atoms with Crippen LogP contribution in [-0.2, 0) is 14.4 Å². The molecule has 3 aromatic rings. The van der Waals surface area contributed by atoms with Crippen molar-refractivity contribution in [3.63, 3.8) is 0 Å². The van der Waals surface area contributed by atoms with Gasteiger partial charge in [-0.25, -0.2) is 9.96 Å². The lowest BCUT2D eigenvalue weighted by atomic mass is 9.90. The van der Waals surface area contributed by atoms with Gasteiger partial charge in [0.1, 0.15) is 5.92 Å². The van der Waals surface area contributed by atoms with E-state index in [-0.39, 0.29) is 11.5 Å². The molecule has 8 heteroatoms. The fraction of sp³-hybridized carbons (Fsp3) is 0.167. The zero-order valence-corrected chi connectivity index (χ0v) is 17.8. The number of anilines is 2. The molecule has 32 heavy (non-hydrogen) atoms. The summed E-state index contributed by atoms with van der Waals surface area (Å²) in [7, 11) is 1.45. The van der Waals surface area contributed by atoms with Crippen LogP contribution < -0.4 is 14.7 Å². The van der Waals surface area contributed by atoms with Crippen molar-refractivity contribution in [2.24, 2.45) is 5.92 Å². The third kappa shape index (κ3) is 3.09. The van der Waals surface area contributed by atoms with Crippen LogP contribution in [0.5, 0.6) is 11.5 Å². The molecule has 0 aliphatic carbocycles. The second-order valence-electron chi connectivity index (χ2n) is 7.55. The van der Waals surface area contributed by atoms with Gasteiger partial charge in [-0.15, -0.1) is 0 Å². The highest BCUT2D eigenvalue weighted by atomic mass is 35.5. The molecule has 7 nitrogen and oxygen atoms in total. The van der Waals surface area contributed by atoms with Gasteiger partial charge < -0.3 is 9.84 Å². The fourth-order valence-electron chi connectivity index (χ4n) is 4.30. The highest BCUT2D eigenvalue weighted by molar-refractivity contribution is 6.36. The van der Waals surface area contributed by atoms with Crippen molar-refractivity contribution >= 4 is 34.8 Å². The van der Waals surface area contributed by atoms with Gasteiger partial charge in [0.15, 0.2) is 17.6 Å². The number of para-hydroxylation sites is 2. The molecule has 0 radical (unpaired) electrons. The van der Waals surface area contributed by atoms with Crippen LogP contribution in [0.25, 0.3) is 0 Å². The van der Waals surface area contributed by atoms with Crippen LogP contribution in [-0.4, -0.2) is 30.1 Å². The Kier molecular flexibility index (Phi) is 5.00. The van der Waals surface area contributed by atoms with Crippen molar-refractivity contribution in [2.45, 2.75) is 12.1 Å². The van der Waals surface area contributed by atoms with Crippen molar-refractivity contribution in [3.8, 4) is 11.5 Å². The Morgan fingerprint density at radius 3 is 2.41 bits per heavy atom. The molecule has 3 atom stereocenters. The third-order valence-corrected chi connectivity index (χ3v) is 6.08. The largest absolute Gasteiger partial charge is 0.504 e. The second-order valence-corrected chi connectivity index (χ2v) is 7.96. The summed E-state index contributed by atoms with van der Waals surface area (Å²) in [6.45, 7) is 0. The number of methoxy groups -OCH3 is 1. The Labute approximate surface area is 189 Å². The summed E-state index contributed by atoms with van der Waals surface area (Å²) in [6, 6.07) is 20.2. The molecular formula is C24H19ClN2O5. The number of imide groups is 1. The van der Waals surface area contributed by atoms with Gasteiger partial charge in [0.25, 0.3) is 5.91 Å². The van der Waals surface area contributed by atoms with E-state index in [9.17, 15) is 14.7 Å². The van der Waals surface area contributed by atoms with Crippen molar-refractivity contribution in [3.05, 3.63) is 83.4 Å². The summed E-state index contributed by atoms with van der Waals surface area (Å²) >= 11 is 6.28. The van der Waals surface area contributed by atoms with Crippen LogP contribution in [0.1, 0.15) is 11.6 Å². The van der Waals surface area contributed by atoms with Gasteiger partial charge in [-0.1, -0.05) is 48.0 Å². The number of nitrogens with zero attached hydrogens (tertiary/aromatic N) is 2. The summed E-state index contributed by atoms with van der Waals surface area (Å²) < 4.78 is 5.26. The van der Waals surface area contributed by atoms with Crippen LogP contribution in [0.3, 0.4) is 0 Å².